The zero-order valence-corrected chi connectivity index (χ0v) is 8.05. The van der Waals surface area contributed by atoms with Gasteiger partial charge in [-0.3, -0.25) is 14.9 Å². The molecule has 15 heavy (non-hydrogen) atoms. The van der Waals surface area contributed by atoms with Crippen molar-refractivity contribution in [2.75, 3.05) is 11.4 Å². The number of hydrogen-bond acceptors (Lipinski definition) is 3. The number of carbonyl (C=O) groups excluding carboxylic acids is 1. The van der Waals surface area contributed by atoms with Crippen LogP contribution in [0.15, 0.2) is 18.2 Å². The highest BCUT2D eigenvalue weighted by molar-refractivity contribution is 5.79. The lowest BCUT2D eigenvalue weighted by atomic mass is 10.0. The Morgan fingerprint density at radius 1 is 1.47 bits per heavy atom. The lowest BCUT2D eigenvalue weighted by molar-refractivity contribution is -0.384. The van der Waals surface area contributed by atoms with E-state index >= 15 is 0 Å². The molecule has 0 saturated carbocycles. The third-order valence-corrected chi connectivity index (χ3v) is 2.56. The van der Waals surface area contributed by atoms with E-state index in [1.165, 1.54) is 17.0 Å². The molecule has 0 fully saturated rings. The van der Waals surface area contributed by atoms with Crippen molar-refractivity contribution < 1.29 is 9.72 Å². The molecule has 1 heterocycles. The molecule has 1 aliphatic heterocycles. The number of benzene rings is 1. The minimum atomic E-state index is -0.447. The molecule has 0 radical (unpaired) electrons. The van der Waals surface area contributed by atoms with E-state index in [0.29, 0.717) is 12.2 Å². The van der Waals surface area contributed by atoms with Crippen LogP contribution in [0.4, 0.5) is 11.4 Å². The summed E-state index contributed by atoms with van der Waals surface area (Å²) in [5, 5.41) is 10.6. The fourth-order valence-corrected chi connectivity index (χ4v) is 1.81. The van der Waals surface area contributed by atoms with Crippen LogP contribution in [0.2, 0.25) is 0 Å². The van der Waals surface area contributed by atoms with Gasteiger partial charge in [-0.05, 0) is 18.4 Å². The molecule has 5 nitrogen and oxygen atoms in total. The van der Waals surface area contributed by atoms with Gasteiger partial charge in [0.1, 0.15) is 0 Å². The summed E-state index contributed by atoms with van der Waals surface area (Å²) in [6.07, 6.45) is 2.50. The first kappa shape index (κ1) is 9.64. The zero-order chi connectivity index (χ0) is 10.8. The van der Waals surface area contributed by atoms with Crippen molar-refractivity contribution in [3.63, 3.8) is 0 Å². The normalized spacial score (nSPS) is 14.5. The second-order valence-electron chi connectivity index (χ2n) is 3.47. The van der Waals surface area contributed by atoms with E-state index in [2.05, 4.69) is 0 Å². The number of nitro benzene ring substituents is 1. The number of carbonyl (C=O) groups is 1. The third-order valence-electron chi connectivity index (χ3n) is 2.56. The first-order valence-corrected chi connectivity index (χ1v) is 4.71. The Hall–Kier alpha value is -1.91. The Morgan fingerprint density at radius 2 is 2.27 bits per heavy atom. The summed E-state index contributed by atoms with van der Waals surface area (Å²) >= 11 is 0. The molecule has 2 rings (SSSR count). The van der Waals surface area contributed by atoms with Gasteiger partial charge >= 0.3 is 0 Å². The predicted octanol–water partition coefficient (Wildman–Crippen LogP) is 1.50. The Morgan fingerprint density at radius 3 is 2.93 bits per heavy atom. The van der Waals surface area contributed by atoms with Crippen molar-refractivity contribution in [3.05, 3.63) is 33.9 Å². The average molecular weight is 206 g/mol. The van der Waals surface area contributed by atoms with Gasteiger partial charge in [0.2, 0.25) is 6.41 Å². The number of nitrogens with zero attached hydrogens (tertiary/aromatic N) is 2. The SMILES string of the molecule is O=CN1CCCc2ccc([N+](=O)[O-])cc21. The standard InChI is InChI=1S/C10H10N2O3/c13-7-11-5-1-2-8-3-4-9(12(14)15)6-10(8)11/h3-4,6-7H,1-2,5H2. The number of rotatable bonds is 2. The van der Waals surface area contributed by atoms with Crippen LogP contribution in [0.3, 0.4) is 0 Å². The molecular weight excluding hydrogens is 196 g/mol. The maximum atomic E-state index is 10.8. The van der Waals surface area contributed by atoms with Crippen LogP contribution in [0.1, 0.15) is 12.0 Å². The summed E-state index contributed by atoms with van der Waals surface area (Å²) in [5.41, 5.74) is 1.70. The van der Waals surface area contributed by atoms with Crippen LogP contribution >= 0.6 is 0 Å². The van der Waals surface area contributed by atoms with Crippen molar-refractivity contribution in [2.45, 2.75) is 12.8 Å². The topological polar surface area (TPSA) is 63.5 Å². The molecule has 0 unspecified atom stereocenters. The summed E-state index contributed by atoms with van der Waals surface area (Å²) in [6, 6.07) is 4.67. The van der Waals surface area contributed by atoms with E-state index in [0.717, 1.165) is 24.8 Å². The van der Waals surface area contributed by atoms with Gasteiger partial charge in [-0.25, -0.2) is 0 Å². The first-order valence-electron chi connectivity index (χ1n) is 4.71. The summed E-state index contributed by atoms with van der Waals surface area (Å²) in [4.78, 5) is 22.4. The first-order chi connectivity index (χ1) is 7.22. The molecule has 5 heteroatoms. The van der Waals surface area contributed by atoms with Gasteiger partial charge in [0.05, 0.1) is 10.6 Å². The third kappa shape index (κ3) is 1.68. The Kier molecular flexibility index (Phi) is 2.37. The molecule has 78 valence electrons. The van der Waals surface area contributed by atoms with Crippen LogP contribution in [0.25, 0.3) is 0 Å². The largest absolute Gasteiger partial charge is 0.314 e. The average Bonchev–Trinajstić information content (AvgIpc) is 2.27. The number of aryl methyl sites for hydroxylation is 1. The molecule has 1 aliphatic rings. The number of hydrogen-bond donors (Lipinski definition) is 0. The molecular formula is C10H10N2O3. The quantitative estimate of drug-likeness (QED) is 0.418. The van der Waals surface area contributed by atoms with Crippen molar-refractivity contribution in [2.24, 2.45) is 0 Å². The van der Waals surface area contributed by atoms with Crippen molar-refractivity contribution in [1.82, 2.24) is 0 Å². The van der Waals surface area contributed by atoms with Gasteiger partial charge in [0.15, 0.2) is 0 Å². The Labute approximate surface area is 86.5 Å². The van der Waals surface area contributed by atoms with E-state index in [1.54, 1.807) is 6.07 Å². The fourth-order valence-electron chi connectivity index (χ4n) is 1.81. The smallest absolute Gasteiger partial charge is 0.271 e. The summed E-state index contributed by atoms with van der Waals surface area (Å²) in [6.45, 7) is 0.637. The molecule has 0 atom stereocenters. The molecule has 0 aliphatic carbocycles. The van der Waals surface area contributed by atoms with Gasteiger partial charge in [0, 0.05) is 18.7 Å². The molecule has 0 bridgehead atoms. The summed E-state index contributed by atoms with van der Waals surface area (Å²) in [5.74, 6) is 0. The van der Waals surface area contributed by atoms with E-state index in [4.69, 9.17) is 0 Å². The van der Waals surface area contributed by atoms with Crippen molar-refractivity contribution in [3.8, 4) is 0 Å². The molecule has 0 spiro atoms. The fraction of sp³-hybridized carbons (Fsp3) is 0.300. The number of amides is 1. The highest BCUT2D eigenvalue weighted by Gasteiger charge is 2.19. The van der Waals surface area contributed by atoms with E-state index in [1.807, 2.05) is 0 Å². The predicted molar refractivity (Wildman–Crippen MR) is 54.8 cm³/mol. The molecule has 0 aromatic heterocycles. The van der Waals surface area contributed by atoms with Gasteiger partial charge in [0.25, 0.3) is 5.69 Å². The maximum absolute atomic E-state index is 10.8. The van der Waals surface area contributed by atoms with Crippen LogP contribution in [0.5, 0.6) is 0 Å². The van der Waals surface area contributed by atoms with Crippen LogP contribution in [-0.4, -0.2) is 17.9 Å². The van der Waals surface area contributed by atoms with Gasteiger partial charge in [-0.15, -0.1) is 0 Å². The Balaban J connectivity index is 2.47. The van der Waals surface area contributed by atoms with E-state index in [9.17, 15) is 14.9 Å². The monoisotopic (exact) mass is 206 g/mol. The number of nitro groups is 1. The van der Waals surface area contributed by atoms with Crippen molar-refractivity contribution >= 4 is 17.8 Å². The van der Waals surface area contributed by atoms with Gasteiger partial charge in [-0.1, -0.05) is 6.07 Å². The number of fused-ring (bicyclic) bond motifs is 1. The van der Waals surface area contributed by atoms with Crippen LogP contribution < -0.4 is 4.90 Å². The highest BCUT2D eigenvalue weighted by Crippen LogP contribution is 2.29. The zero-order valence-electron chi connectivity index (χ0n) is 8.05. The lowest BCUT2D eigenvalue weighted by Crippen LogP contribution is -2.27. The van der Waals surface area contributed by atoms with Gasteiger partial charge in [-0.2, -0.15) is 0 Å². The van der Waals surface area contributed by atoms with Gasteiger partial charge < -0.3 is 4.90 Å². The molecule has 1 aromatic carbocycles. The second-order valence-corrected chi connectivity index (χ2v) is 3.47. The minimum Gasteiger partial charge on any atom is -0.314 e. The minimum absolute atomic E-state index is 0.0301. The summed E-state index contributed by atoms with van der Waals surface area (Å²) < 4.78 is 0. The van der Waals surface area contributed by atoms with E-state index < -0.39 is 4.92 Å². The van der Waals surface area contributed by atoms with E-state index in [-0.39, 0.29) is 5.69 Å². The highest BCUT2D eigenvalue weighted by atomic mass is 16.6. The Bertz CT molecular complexity index is 417. The second kappa shape index (κ2) is 3.68. The summed E-state index contributed by atoms with van der Waals surface area (Å²) in [7, 11) is 0. The molecule has 0 saturated heterocycles. The molecule has 1 amide bonds. The number of anilines is 1. The van der Waals surface area contributed by atoms with Crippen LogP contribution in [-0.2, 0) is 11.2 Å². The van der Waals surface area contributed by atoms with Crippen molar-refractivity contribution in [1.29, 1.82) is 0 Å². The lowest BCUT2D eigenvalue weighted by Gasteiger charge is -2.25. The maximum Gasteiger partial charge on any atom is 0.271 e. The number of non-ortho nitro benzene ring substituents is 1. The molecule has 1 aromatic rings. The van der Waals surface area contributed by atoms with Crippen LogP contribution in [0, 0.1) is 10.1 Å². The molecule has 0 N–H and O–H groups in total.